The Morgan fingerprint density at radius 2 is 1.89 bits per heavy atom. The first-order chi connectivity index (χ1) is 13.1. The fraction of sp³-hybridized carbons (Fsp3) is 0.312. The van der Waals surface area contributed by atoms with E-state index in [2.05, 4.69) is 30.6 Å². The number of fused-ring (bicyclic) bond motifs is 1. The summed E-state index contributed by atoms with van der Waals surface area (Å²) < 4.78 is 0.993. The number of piperazine rings is 1. The van der Waals surface area contributed by atoms with Gasteiger partial charge < -0.3 is 10.2 Å². The zero-order chi connectivity index (χ0) is 18.8. The maximum Gasteiger partial charge on any atom is 0.354 e. The molecule has 0 unspecified atom stereocenters. The van der Waals surface area contributed by atoms with Gasteiger partial charge in [0, 0.05) is 26.2 Å². The molecule has 0 spiro atoms. The Bertz CT molecular complexity index is 937. The highest BCUT2D eigenvalue weighted by molar-refractivity contribution is 7.22. The van der Waals surface area contributed by atoms with Gasteiger partial charge in [0.1, 0.15) is 6.33 Å². The highest BCUT2D eigenvalue weighted by atomic mass is 32.1. The minimum atomic E-state index is -0.478. The number of rotatable bonds is 5. The van der Waals surface area contributed by atoms with E-state index >= 15 is 0 Å². The molecule has 0 atom stereocenters. The number of nitrogens with zero attached hydrogens (tertiary/aromatic N) is 6. The van der Waals surface area contributed by atoms with Crippen LogP contribution in [0.15, 0.2) is 30.6 Å². The first kappa shape index (κ1) is 17.5. The topological polar surface area (TPSA) is 112 Å². The summed E-state index contributed by atoms with van der Waals surface area (Å²) >= 11 is 1.41. The van der Waals surface area contributed by atoms with E-state index in [0.717, 1.165) is 36.4 Å². The lowest BCUT2D eigenvalue weighted by molar-refractivity contribution is -0.383. The summed E-state index contributed by atoms with van der Waals surface area (Å²) in [5, 5.41) is 17.1. The third kappa shape index (κ3) is 3.79. The molecule has 1 fully saturated rings. The average Bonchev–Trinajstić information content (AvgIpc) is 3.06. The molecule has 4 rings (SSSR count). The van der Waals surface area contributed by atoms with E-state index in [4.69, 9.17) is 0 Å². The molecular weight excluding hydrogens is 368 g/mol. The number of hydrogen-bond acceptors (Lipinski definition) is 10. The molecule has 2 aromatic heterocycles. The number of aromatic nitrogens is 3. The van der Waals surface area contributed by atoms with Crippen LogP contribution >= 0.6 is 11.3 Å². The van der Waals surface area contributed by atoms with Crippen molar-refractivity contribution in [3.8, 4) is 0 Å². The molecule has 1 aliphatic rings. The van der Waals surface area contributed by atoms with Crippen molar-refractivity contribution in [2.75, 3.05) is 44.0 Å². The van der Waals surface area contributed by atoms with Crippen LogP contribution < -0.4 is 10.7 Å². The van der Waals surface area contributed by atoms with Gasteiger partial charge in [-0.1, -0.05) is 23.5 Å². The molecule has 1 saturated heterocycles. The maximum absolute atomic E-state index is 11.7. The predicted molar refractivity (Wildman–Crippen MR) is 104 cm³/mol. The zero-order valence-electron chi connectivity index (χ0n) is 14.6. The molecule has 3 heterocycles. The van der Waals surface area contributed by atoms with Crippen LogP contribution in [0.25, 0.3) is 10.2 Å². The van der Waals surface area contributed by atoms with Crippen molar-refractivity contribution < 1.29 is 4.92 Å². The molecular formula is C16H18N8O2S. The van der Waals surface area contributed by atoms with Crippen molar-refractivity contribution in [3.05, 3.63) is 40.7 Å². The molecule has 10 nitrogen and oxygen atoms in total. The Hall–Kier alpha value is -2.89. The second kappa shape index (κ2) is 7.39. The zero-order valence-corrected chi connectivity index (χ0v) is 15.4. The summed E-state index contributed by atoms with van der Waals surface area (Å²) in [6.45, 7) is 3.25. The van der Waals surface area contributed by atoms with Gasteiger partial charge in [-0.25, -0.2) is 20.0 Å². The largest absolute Gasteiger partial charge is 0.354 e. The van der Waals surface area contributed by atoms with Crippen LogP contribution in [-0.2, 0) is 0 Å². The van der Waals surface area contributed by atoms with Gasteiger partial charge in [-0.05, 0) is 19.2 Å². The van der Waals surface area contributed by atoms with E-state index in [1.54, 1.807) is 0 Å². The lowest BCUT2D eigenvalue weighted by Gasteiger charge is -2.32. The van der Waals surface area contributed by atoms with Gasteiger partial charge in [-0.3, -0.25) is 15.5 Å². The lowest BCUT2D eigenvalue weighted by Crippen LogP contribution is -2.47. The number of anilines is 3. The molecule has 3 aromatic rings. The standard InChI is InChI=1S/C16H18N8O2S/c1-22-6-8-23(9-7-22)21-15-13(24(25)26)14(17-10-18-15)20-16-19-11-4-2-3-5-12(11)27-16/h2-5,10H,6-9H2,1H3,(H2,17,18,19,20,21). The highest BCUT2D eigenvalue weighted by Gasteiger charge is 2.26. The molecule has 0 bridgehead atoms. The van der Waals surface area contributed by atoms with Gasteiger partial charge in [-0.2, -0.15) is 0 Å². The van der Waals surface area contributed by atoms with E-state index in [1.807, 2.05) is 36.3 Å². The molecule has 0 aliphatic carbocycles. The number of thiazole rings is 1. The number of hydrogen-bond donors (Lipinski definition) is 2. The summed E-state index contributed by atoms with van der Waals surface area (Å²) in [6.07, 6.45) is 1.31. The Morgan fingerprint density at radius 3 is 2.63 bits per heavy atom. The fourth-order valence-corrected chi connectivity index (χ4v) is 3.68. The molecule has 11 heteroatoms. The number of benzene rings is 1. The summed E-state index contributed by atoms with van der Waals surface area (Å²) in [6, 6.07) is 7.67. The minimum Gasteiger partial charge on any atom is -0.310 e. The summed E-state index contributed by atoms with van der Waals surface area (Å²) in [7, 11) is 2.05. The number of hydrazine groups is 1. The molecule has 1 aromatic carbocycles. The van der Waals surface area contributed by atoms with E-state index in [9.17, 15) is 10.1 Å². The molecule has 0 amide bonds. The van der Waals surface area contributed by atoms with Crippen LogP contribution in [0, 0.1) is 10.1 Å². The van der Waals surface area contributed by atoms with E-state index in [0.29, 0.717) is 5.13 Å². The van der Waals surface area contributed by atoms with Gasteiger partial charge in [0.15, 0.2) is 5.13 Å². The van der Waals surface area contributed by atoms with Crippen LogP contribution in [0.3, 0.4) is 0 Å². The van der Waals surface area contributed by atoms with Crippen molar-refractivity contribution in [2.45, 2.75) is 0 Å². The molecule has 1 aliphatic heterocycles. The smallest absolute Gasteiger partial charge is 0.310 e. The molecule has 0 radical (unpaired) electrons. The first-order valence-electron chi connectivity index (χ1n) is 8.42. The van der Waals surface area contributed by atoms with Crippen molar-refractivity contribution in [1.82, 2.24) is 24.9 Å². The van der Waals surface area contributed by atoms with Crippen LogP contribution in [0.5, 0.6) is 0 Å². The minimum absolute atomic E-state index is 0.116. The Labute approximate surface area is 159 Å². The van der Waals surface area contributed by atoms with E-state index in [1.165, 1.54) is 17.7 Å². The maximum atomic E-state index is 11.7. The predicted octanol–water partition coefficient (Wildman–Crippen LogP) is 2.31. The van der Waals surface area contributed by atoms with E-state index in [-0.39, 0.29) is 17.3 Å². The lowest BCUT2D eigenvalue weighted by atomic mass is 10.3. The Morgan fingerprint density at radius 1 is 1.15 bits per heavy atom. The molecule has 2 N–H and O–H groups in total. The van der Waals surface area contributed by atoms with Gasteiger partial charge in [0.05, 0.1) is 15.1 Å². The third-order valence-corrected chi connectivity index (χ3v) is 5.24. The second-order valence-electron chi connectivity index (χ2n) is 6.19. The van der Waals surface area contributed by atoms with Crippen molar-refractivity contribution in [2.24, 2.45) is 0 Å². The third-order valence-electron chi connectivity index (χ3n) is 4.29. The summed E-state index contributed by atoms with van der Waals surface area (Å²) in [5.74, 6) is 0.286. The monoisotopic (exact) mass is 386 g/mol. The SMILES string of the molecule is CN1CCN(Nc2ncnc(Nc3nc4ccccc4s3)c2[N+](=O)[O-])CC1. The number of nitrogens with one attached hydrogen (secondary N) is 2. The van der Waals surface area contributed by atoms with Crippen LogP contribution in [0.2, 0.25) is 0 Å². The highest BCUT2D eigenvalue weighted by Crippen LogP contribution is 2.34. The number of nitro groups is 1. The number of likely N-dealkylation sites (N-methyl/N-ethyl adjacent to an activating group) is 1. The molecule has 27 heavy (non-hydrogen) atoms. The number of para-hydroxylation sites is 1. The summed E-state index contributed by atoms with van der Waals surface area (Å²) in [4.78, 5) is 26.0. The van der Waals surface area contributed by atoms with Crippen LogP contribution in [-0.4, -0.2) is 63.0 Å². The fourth-order valence-electron chi connectivity index (χ4n) is 2.82. The quantitative estimate of drug-likeness (QED) is 0.504. The Kier molecular flexibility index (Phi) is 4.79. The average molecular weight is 386 g/mol. The molecule has 140 valence electrons. The normalized spacial score (nSPS) is 15.7. The Balaban J connectivity index is 1.61. The van der Waals surface area contributed by atoms with E-state index < -0.39 is 4.92 Å². The first-order valence-corrected chi connectivity index (χ1v) is 9.24. The van der Waals surface area contributed by atoms with Crippen molar-refractivity contribution in [3.63, 3.8) is 0 Å². The molecule has 0 saturated carbocycles. The van der Waals surface area contributed by atoms with Crippen molar-refractivity contribution >= 4 is 44.0 Å². The van der Waals surface area contributed by atoms with Gasteiger partial charge >= 0.3 is 5.69 Å². The van der Waals surface area contributed by atoms with Crippen molar-refractivity contribution in [1.29, 1.82) is 0 Å². The van der Waals surface area contributed by atoms with Gasteiger partial charge in [0.25, 0.3) is 0 Å². The van der Waals surface area contributed by atoms with Crippen LogP contribution in [0.4, 0.5) is 22.5 Å². The second-order valence-corrected chi connectivity index (χ2v) is 7.22. The van der Waals surface area contributed by atoms with Crippen LogP contribution in [0.1, 0.15) is 0 Å². The van der Waals surface area contributed by atoms with Gasteiger partial charge in [0.2, 0.25) is 11.6 Å². The summed E-state index contributed by atoms with van der Waals surface area (Å²) in [5.41, 5.74) is 3.69. The van der Waals surface area contributed by atoms with Gasteiger partial charge in [-0.15, -0.1) is 0 Å².